The minimum atomic E-state index is -1.09. The van der Waals surface area contributed by atoms with Crippen LogP contribution in [-0.4, -0.2) is 58.1 Å². The average Bonchev–Trinajstić information content (AvgIpc) is 2.71. The lowest BCUT2D eigenvalue weighted by molar-refractivity contribution is -0.149. The quantitative estimate of drug-likeness (QED) is 0.768. The van der Waals surface area contributed by atoms with Crippen LogP contribution < -0.4 is 5.32 Å². The Morgan fingerprint density at radius 2 is 2.00 bits per heavy atom. The predicted molar refractivity (Wildman–Crippen MR) is 79.8 cm³/mol. The molecule has 22 heavy (non-hydrogen) atoms. The summed E-state index contributed by atoms with van der Waals surface area (Å²) in [6.45, 7) is 11.6. The second-order valence-electron chi connectivity index (χ2n) is 7.67. The van der Waals surface area contributed by atoms with Gasteiger partial charge in [-0.2, -0.15) is 0 Å². The molecular weight excluding hydrogens is 286 g/mol. The molecule has 0 spiro atoms. The van der Waals surface area contributed by atoms with Crippen molar-refractivity contribution in [2.75, 3.05) is 13.1 Å². The Bertz CT molecular complexity index is 515. The second kappa shape index (κ2) is 4.94. The Labute approximate surface area is 130 Å². The van der Waals surface area contributed by atoms with E-state index in [0.29, 0.717) is 13.1 Å². The molecule has 0 aromatic heterocycles. The smallest absolute Gasteiger partial charge is 0.408 e. The number of rotatable bonds is 2. The fraction of sp³-hybridized carbons (Fsp3) is 0.800. The highest BCUT2D eigenvalue weighted by Gasteiger charge is 2.60. The van der Waals surface area contributed by atoms with E-state index < -0.39 is 22.8 Å². The maximum absolute atomic E-state index is 12.8. The van der Waals surface area contributed by atoms with Crippen molar-refractivity contribution < 1.29 is 19.1 Å². The molecule has 2 fully saturated rings. The molecular formula is C15H25N3O4. The summed E-state index contributed by atoms with van der Waals surface area (Å²) in [5.74, 6) is -0.239. The first-order chi connectivity index (χ1) is 9.93. The lowest BCUT2D eigenvalue weighted by atomic mass is 9.88. The molecule has 2 amide bonds. The van der Waals surface area contributed by atoms with Crippen molar-refractivity contribution in [2.45, 2.75) is 58.2 Å². The van der Waals surface area contributed by atoms with Crippen LogP contribution in [0.3, 0.4) is 0 Å². The highest BCUT2D eigenvalue weighted by atomic mass is 16.6. The zero-order valence-corrected chi connectivity index (χ0v) is 14.1. The van der Waals surface area contributed by atoms with E-state index >= 15 is 0 Å². The van der Waals surface area contributed by atoms with Gasteiger partial charge in [-0.3, -0.25) is 9.80 Å². The molecule has 2 aliphatic heterocycles. The molecule has 0 radical (unpaired) electrons. The van der Waals surface area contributed by atoms with E-state index in [1.54, 1.807) is 34.6 Å². The van der Waals surface area contributed by atoms with Crippen molar-refractivity contribution >= 4 is 18.3 Å². The fourth-order valence-electron chi connectivity index (χ4n) is 3.03. The molecule has 2 saturated heterocycles. The summed E-state index contributed by atoms with van der Waals surface area (Å²) in [6, 6.07) is 0. The first-order valence-electron chi connectivity index (χ1n) is 7.50. The first-order valence-corrected chi connectivity index (χ1v) is 7.50. The van der Waals surface area contributed by atoms with Gasteiger partial charge in [0.25, 0.3) is 5.91 Å². The van der Waals surface area contributed by atoms with Crippen molar-refractivity contribution in [1.82, 2.24) is 15.3 Å². The number of ether oxygens (including phenoxy) is 1. The molecule has 2 heterocycles. The Morgan fingerprint density at radius 3 is 2.50 bits per heavy atom. The van der Waals surface area contributed by atoms with Crippen LogP contribution >= 0.6 is 0 Å². The van der Waals surface area contributed by atoms with Crippen LogP contribution in [0.25, 0.3) is 0 Å². The third-order valence-corrected chi connectivity index (χ3v) is 4.40. The predicted octanol–water partition coefficient (Wildman–Crippen LogP) is 0.936. The monoisotopic (exact) mass is 311 g/mol. The van der Waals surface area contributed by atoms with Crippen LogP contribution in [-0.2, 0) is 14.3 Å². The molecule has 0 aromatic carbocycles. The van der Waals surface area contributed by atoms with Crippen LogP contribution in [0.4, 0.5) is 4.79 Å². The number of alkyl carbamates (subject to hydrolysis) is 1. The van der Waals surface area contributed by atoms with Crippen molar-refractivity contribution in [2.24, 2.45) is 5.92 Å². The summed E-state index contributed by atoms with van der Waals surface area (Å²) in [6.07, 6.45) is 0.181. The molecule has 2 aliphatic rings. The van der Waals surface area contributed by atoms with Gasteiger partial charge in [0.1, 0.15) is 23.0 Å². The van der Waals surface area contributed by atoms with Crippen molar-refractivity contribution in [3.8, 4) is 0 Å². The number of fused-ring (bicyclic) bond motifs is 1. The number of amides is 2. The standard InChI is InChI=1S/C15H25N3O4/c1-10-7-17-8-14(5,16-12(21)22-13(2,3)4)11(20)18(17)15(10,6)9-19/h9-10H,7-8H2,1-6H3,(H,16,21). The van der Waals surface area contributed by atoms with Crippen molar-refractivity contribution in [3.05, 3.63) is 0 Å². The van der Waals surface area contributed by atoms with Gasteiger partial charge in [0, 0.05) is 12.5 Å². The summed E-state index contributed by atoms with van der Waals surface area (Å²) in [7, 11) is 0. The molecule has 1 N–H and O–H groups in total. The summed E-state index contributed by atoms with van der Waals surface area (Å²) >= 11 is 0. The van der Waals surface area contributed by atoms with Crippen LogP contribution in [0.15, 0.2) is 0 Å². The van der Waals surface area contributed by atoms with E-state index in [1.807, 2.05) is 11.9 Å². The topological polar surface area (TPSA) is 79.0 Å². The van der Waals surface area contributed by atoms with Gasteiger partial charge in [-0.05, 0) is 34.6 Å². The SMILES string of the molecule is CC1CN2CC(C)(NC(=O)OC(C)(C)C)C(=O)N2C1(C)C=O. The summed E-state index contributed by atoms with van der Waals surface area (Å²) < 4.78 is 5.23. The van der Waals surface area contributed by atoms with E-state index in [-0.39, 0.29) is 11.8 Å². The lowest BCUT2D eigenvalue weighted by Crippen LogP contribution is -2.58. The average molecular weight is 311 g/mol. The molecule has 7 heteroatoms. The van der Waals surface area contributed by atoms with Gasteiger partial charge in [0.05, 0.1) is 6.54 Å². The zero-order chi connectivity index (χ0) is 16.9. The van der Waals surface area contributed by atoms with E-state index in [2.05, 4.69) is 5.32 Å². The number of carbonyl (C=O) groups excluding carboxylic acids is 3. The van der Waals surface area contributed by atoms with Crippen molar-refractivity contribution in [1.29, 1.82) is 0 Å². The molecule has 7 nitrogen and oxygen atoms in total. The minimum Gasteiger partial charge on any atom is -0.444 e. The number of hydrogen-bond donors (Lipinski definition) is 1. The third kappa shape index (κ3) is 2.58. The van der Waals surface area contributed by atoms with Gasteiger partial charge in [0.15, 0.2) is 0 Å². The maximum Gasteiger partial charge on any atom is 0.408 e. The molecule has 0 aromatic rings. The minimum absolute atomic E-state index is 0.0417. The molecule has 2 rings (SSSR count). The number of hydrogen-bond acceptors (Lipinski definition) is 5. The van der Waals surface area contributed by atoms with Crippen LogP contribution in [0.5, 0.6) is 0 Å². The molecule has 0 aliphatic carbocycles. The van der Waals surface area contributed by atoms with Crippen LogP contribution in [0.1, 0.15) is 41.5 Å². The van der Waals surface area contributed by atoms with Gasteiger partial charge in [-0.1, -0.05) is 6.92 Å². The van der Waals surface area contributed by atoms with Gasteiger partial charge in [-0.25, -0.2) is 9.80 Å². The van der Waals surface area contributed by atoms with Crippen LogP contribution in [0, 0.1) is 5.92 Å². The van der Waals surface area contributed by atoms with Gasteiger partial charge < -0.3 is 14.8 Å². The number of nitrogens with one attached hydrogen (secondary N) is 1. The molecule has 0 saturated carbocycles. The van der Waals surface area contributed by atoms with Gasteiger partial charge >= 0.3 is 6.09 Å². The summed E-state index contributed by atoms with van der Waals surface area (Å²) in [4.78, 5) is 36.3. The molecule has 124 valence electrons. The fourth-order valence-corrected chi connectivity index (χ4v) is 3.03. The van der Waals surface area contributed by atoms with E-state index in [9.17, 15) is 14.4 Å². The Balaban J connectivity index is 2.18. The second-order valence-corrected chi connectivity index (χ2v) is 7.67. The molecule has 3 atom stereocenters. The van der Waals surface area contributed by atoms with Crippen LogP contribution in [0.2, 0.25) is 0 Å². The van der Waals surface area contributed by atoms with E-state index in [1.165, 1.54) is 5.01 Å². The Morgan fingerprint density at radius 1 is 1.41 bits per heavy atom. The number of aldehydes is 1. The van der Waals surface area contributed by atoms with E-state index in [4.69, 9.17) is 4.74 Å². The number of carbonyl (C=O) groups is 3. The first kappa shape index (κ1) is 16.7. The Kier molecular flexibility index (Phi) is 3.76. The third-order valence-electron chi connectivity index (χ3n) is 4.40. The summed E-state index contributed by atoms with van der Waals surface area (Å²) in [5, 5.41) is 5.98. The molecule has 3 unspecified atom stereocenters. The number of hydrazine groups is 1. The van der Waals surface area contributed by atoms with Crippen molar-refractivity contribution in [3.63, 3.8) is 0 Å². The largest absolute Gasteiger partial charge is 0.444 e. The van der Waals surface area contributed by atoms with E-state index in [0.717, 1.165) is 6.29 Å². The molecule has 0 bridgehead atoms. The Hall–Kier alpha value is -1.63. The normalized spacial score (nSPS) is 35.5. The highest BCUT2D eigenvalue weighted by Crippen LogP contribution is 2.39. The zero-order valence-electron chi connectivity index (χ0n) is 14.1. The summed E-state index contributed by atoms with van der Waals surface area (Å²) in [5.41, 5.74) is -2.60. The van der Waals surface area contributed by atoms with Gasteiger partial charge in [-0.15, -0.1) is 0 Å². The lowest BCUT2D eigenvalue weighted by Gasteiger charge is -2.33. The maximum atomic E-state index is 12.8. The number of nitrogens with zero attached hydrogens (tertiary/aromatic N) is 2. The highest BCUT2D eigenvalue weighted by molar-refractivity contribution is 5.94. The van der Waals surface area contributed by atoms with Gasteiger partial charge in [0.2, 0.25) is 0 Å².